The summed E-state index contributed by atoms with van der Waals surface area (Å²) in [6.45, 7) is -0.415. The molecule has 1 unspecified atom stereocenters. The monoisotopic (exact) mass is 471 g/mol. The van der Waals surface area contributed by atoms with E-state index in [1.807, 2.05) is 60.7 Å². The lowest BCUT2D eigenvalue weighted by atomic mass is 9.98. The molecule has 3 aromatic carbocycles. The molecular formula is C25H21N5O3S. The van der Waals surface area contributed by atoms with Crippen molar-refractivity contribution in [1.29, 1.82) is 5.41 Å². The van der Waals surface area contributed by atoms with Crippen LogP contribution in [0.3, 0.4) is 0 Å². The summed E-state index contributed by atoms with van der Waals surface area (Å²) in [5.74, 6) is 0.0251. The van der Waals surface area contributed by atoms with Crippen LogP contribution in [0.1, 0.15) is 27.9 Å². The molecule has 0 saturated carbocycles. The largest absolute Gasteiger partial charge is 0.482 e. The van der Waals surface area contributed by atoms with Crippen LogP contribution in [0.25, 0.3) is 21.3 Å². The van der Waals surface area contributed by atoms with Crippen LogP contribution >= 0.6 is 11.3 Å². The summed E-state index contributed by atoms with van der Waals surface area (Å²) in [4.78, 5) is 24.2. The number of H-pyrrole nitrogens is 1. The normalized spacial score (nSPS) is 12.1. The van der Waals surface area contributed by atoms with Gasteiger partial charge in [0.15, 0.2) is 6.61 Å². The summed E-state index contributed by atoms with van der Waals surface area (Å²) < 4.78 is 6.53. The lowest BCUT2D eigenvalue weighted by Crippen LogP contribution is -2.12. The number of aromatic nitrogens is 3. The molecule has 2 aromatic heterocycles. The molecule has 5 N–H and O–H groups in total. The van der Waals surface area contributed by atoms with E-state index in [9.17, 15) is 4.79 Å². The van der Waals surface area contributed by atoms with E-state index >= 15 is 0 Å². The van der Waals surface area contributed by atoms with Gasteiger partial charge in [0.2, 0.25) is 0 Å². The highest BCUT2D eigenvalue weighted by Crippen LogP contribution is 2.36. The predicted octanol–water partition coefficient (Wildman–Crippen LogP) is 4.29. The number of amidine groups is 1. The van der Waals surface area contributed by atoms with E-state index in [-0.39, 0.29) is 11.8 Å². The summed E-state index contributed by atoms with van der Waals surface area (Å²) in [6, 6.07) is 20.8. The van der Waals surface area contributed by atoms with Gasteiger partial charge in [-0.05, 0) is 48.4 Å². The molecule has 0 spiro atoms. The van der Waals surface area contributed by atoms with Crippen LogP contribution in [0.2, 0.25) is 0 Å². The van der Waals surface area contributed by atoms with Crippen LogP contribution in [0.4, 0.5) is 0 Å². The Morgan fingerprint density at radius 2 is 1.88 bits per heavy atom. The molecule has 0 saturated heterocycles. The Hall–Kier alpha value is -4.24. The molecule has 0 aliphatic carbocycles. The Balaban J connectivity index is 1.59. The van der Waals surface area contributed by atoms with E-state index in [1.165, 1.54) is 0 Å². The van der Waals surface area contributed by atoms with Crippen molar-refractivity contribution in [3.63, 3.8) is 0 Å². The summed E-state index contributed by atoms with van der Waals surface area (Å²) in [6.07, 6.45) is 0.509. The Bertz CT molecular complexity index is 1490. The van der Waals surface area contributed by atoms with Gasteiger partial charge in [-0.25, -0.2) is 14.8 Å². The minimum absolute atomic E-state index is 0.00482. The number of carbonyl (C=O) groups is 1. The first-order valence-electron chi connectivity index (χ1n) is 10.6. The first kappa shape index (κ1) is 21.6. The molecule has 2 heterocycles. The van der Waals surface area contributed by atoms with Crippen LogP contribution in [-0.2, 0) is 11.2 Å². The third-order valence-electron chi connectivity index (χ3n) is 5.50. The van der Waals surface area contributed by atoms with Gasteiger partial charge in [-0.3, -0.25) is 5.41 Å². The van der Waals surface area contributed by atoms with Crippen molar-refractivity contribution in [1.82, 2.24) is 15.0 Å². The third kappa shape index (κ3) is 4.33. The number of fused-ring (bicyclic) bond motifs is 2. The standard InChI is InChI=1S/C25H21N5O3S/c26-23(27)15-9-10-21-19(12-15)30-25(34-21)16(24-28-17-6-2-3-7-18(17)29-24)11-14-5-1-4-8-20(14)33-13-22(31)32/h1-10,12,16H,11,13H2,(H3,26,27)(H,28,29)(H,31,32). The van der Waals surface area contributed by atoms with Crippen molar-refractivity contribution in [2.45, 2.75) is 12.3 Å². The molecule has 34 heavy (non-hydrogen) atoms. The van der Waals surface area contributed by atoms with Crippen molar-refractivity contribution >= 4 is 44.4 Å². The summed E-state index contributed by atoms with van der Waals surface area (Å²) >= 11 is 1.56. The number of aromatic amines is 1. The van der Waals surface area contributed by atoms with Crippen molar-refractivity contribution in [3.05, 3.63) is 88.7 Å². The minimum Gasteiger partial charge on any atom is -0.482 e. The second kappa shape index (κ2) is 8.95. The zero-order valence-electron chi connectivity index (χ0n) is 18.0. The van der Waals surface area contributed by atoms with Crippen molar-refractivity contribution in [2.75, 3.05) is 6.61 Å². The first-order chi connectivity index (χ1) is 16.5. The van der Waals surface area contributed by atoms with Crippen LogP contribution < -0.4 is 10.5 Å². The predicted molar refractivity (Wildman–Crippen MR) is 132 cm³/mol. The Labute approximate surface area is 198 Å². The second-order valence-electron chi connectivity index (χ2n) is 7.83. The Morgan fingerprint density at radius 1 is 1.09 bits per heavy atom. The lowest BCUT2D eigenvalue weighted by Gasteiger charge is -2.15. The minimum atomic E-state index is -1.03. The second-order valence-corrected chi connectivity index (χ2v) is 8.90. The molecule has 0 fully saturated rings. The van der Waals surface area contributed by atoms with Crippen molar-refractivity contribution in [2.24, 2.45) is 5.73 Å². The molecule has 5 aromatic rings. The maximum absolute atomic E-state index is 11.1. The molecule has 8 nitrogen and oxygen atoms in total. The average Bonchev–Trinajstić information content (AvgIpc) is 3.45. The highest BCUT2D eigenvalue weighted by Gasteiger charge is 2.24. The maximum Gasteiger partial charge on any atom is 0.341 e. The fourth-order valence-electron chi connectivity index (χ4n) is 3.87. The molecule has 0 aliphatic heterocycles. The lowest BCUT2D eigenvalue weighted by molar-refractivity contribution is -0.139. The molecule has 9 heteroatoms. The van der Waals surface area contributed by atoms with E-state index in [2.05, 4.69) is 4.98 Å². The number of imidazole rings is 1. The van der Waals surface area contributed by atoms with Gasteiger partial charge in [-0.1, -0.05) is 30.3 Å². The number of benzene rings is 3. The van der Waals surface area contributed by atoms with E-state index in [4.69, 9.17) is 31.0 Å². The number of rotatable bonds is 8. The van der Waals surface area contributed by atoms with Crippen LogP contribution in [-0.4, -0.2) is 38.5 Å². The molecule has 0 radical (unpaired) electrons. The van der Waals surface area contributed by atoms with E-state index in [1.54, 1.807) is 17.4 Å². The smallest absolute Gasteiger partial charge is 0.341 e. The summed E-state index contributed by atoms with van der Waals surface area (Å²) in [5.41, 5.74) is 9.70. The van der Waals surface area contributed by atoms with E-state index in [0.717, 1.165) is 37.6 Å². The highest BCUT2D eigenvalue weighted by molar-refractivity contribution is 7.18. The van der Waals surface area contributed by atoms with Crippen LogP contribution in [0, 0.1) is 5.41 Å². The average molecular weight is 472 g/mol. The molecule has 0 aliphatic rings. The number of nitrogens with zero attached hydrogens (tertiary/aromatic N) is 2. The number of hydrogen-bond donors (Lipinski definition) is 4. The topological polar surface area (TPSA) is 138 Å². The number of thiazole rings is 1. The van der Waals surface area contributed by atoms with Crippen LogP contribution in [0.15, 0.2) is 66.7 Å². The van der Waals surface area contributed by atoms with E-state index < -0.39 is 12.6 Å². The molecule has 0 amide bonds. The van der Waals surface area contributed by atoms with Gasteiger partial charge in [-0.2, -0.15) is 0 Å². The number of carboxylic acids is 1. The van der Waals surface area contributed by atoms with Gasteiger partial charge < -0.3 is 20.6 Å². The van der Waals surface area contributed by atoms with Gasteiger partial charge in [0.05, 0.1) is 27.2 Å². The van der Waals surface area contributed by atoms with Gasteiger partial charge in [0.1, 0.15) is 22.4 Å². The fraction of sp³-hybridized carbons (Fsp3) is 0.120. The number of ether oxygens (including phenoxy) is 1. The number of aliphatic carboxylic acids is 1. The number of hydrogen-bond acceptors (Lipinski definition) is 6. The van der Waals surface area contributed by atoms with Crippen LogP contribution in [0.5, 0.6) is 5.75 Å². The highest BCUT2D eigenvalue weighted by atomic mass is 32.1. The Kier molecular flexibility index (Phi) is 5.69. The molecule has 0 bridgehead atoms. The van der Waals surface area contributed by atoms with Gasteiger partial charge in [-0.15, -0.1) is 11.3 Å². The summed E-state index contributed by atoms with van der Waals surface area (Å²) in [5, 5.41) is 17.6. The van der Waals surface area contributed by atoms with Gasteiger partial charge in [0.25, 0.3) is 0 Å². The van der Waals surface area contributed by atoms with Crippen molar-refractivity contribution in [3.8, 4) is 5.75 Å². The zero-order chi connectivity index (χ0) is 23.7. The quantitative estimate of drug-likeness (QED) is 0.197. The fourth-order valence-corrected chi connectivity index (χ4v) is 4.92. The molecular weight excluding hydrogens is 450 g/mol. The molecule has 170 valence electrons. The maximum atomic E-state index is 11.1. The molecule has 5 rings (SSSR count). The van der Waals surface area contributed by atoms with Gasteiger partial charge >= 0.3 is 5.97 Å². The van der Waals surface area contributed by atoms with Crippen molar-refractivity contribution < 1.29 is 14.6 Å². The number of nitrogens with one attached hydrogen (secondary N) is 2. The first-order valence-corrected chi connectivity index (χ1v) is 11.4. The zero-order valence-corrected chi connectivity index (χ0v) is 18.8. The number of nitrogens with two attached hydrogens (primary N) is 1. The van der Waals surface area contributed by atoms with E-state index in [0.29, 0.717) is 17.7 Å². The Morgan fingerprint density at radius 3 is 2.68 bits per heavy atom. The number of nitrogen functional groups attached to an aromatic ring is 1. The van der Waals surface area contributed by atoms with Gasteiger partial charge in [0, 0.05) is 5.56 Å². The molecule has 1 atom stereocenters. The third-order valence-corrected chi connectivity index (χ3v) is 6.65. The summed E-state index contributed by atoms with van der Waals surface area (Å²) in [7, 11) is 0. The number of para-hydroxylation sites is 3. The number of carboxylic acid groups (broad SMARTS) is 1. The SMILES string of the molecule is N=C(N)c1ccc2sc(C(Cc3ccccc3OCC(=O)O)c3nc4ccccc4[nH]3)nc2c1.